The molecule has 9 heteroatoms. The third kappa shape index (κ3) is 41.2. The lowest BCUT2D eigenvalue weighted by atomic mass is 10.0. The van der Waals surface area contributed by atoms with E-state index in [0.717, 1.165) is 38.5 Å². The zero-order valence-corrected chi connectivity index (χ0v) is 38.5. The monoisotopic (exact) mass is 813 g/mol. The van der Waals surface area contributed by atoms with Crippen LogP contribution in [0, 0.1) is 0 Å². The number of nitrogens with one attached hydrogen (secondary N) is 1. The van der Waals surface area contributed by atoms with Crippen molar-refractivity contribution in [2.24, 2.45) is 0 Å². The van der Waals surface area contributed by atoms with E-state index in [9.17, 15) is 19.4 Å². The second-order valence-corrected chi connectivity index (χ2v) is 18.9. The third-order valence-electron chi connectivity index (χ3n) is 10.7. The van der Waals surface area contributed by atoms with E-state index in [1.165, 1.54) is 161 Å². The molecule has 0 bridgehead atoms. The zero-order valence-electron chi connectivity index (χ0n) is 37.6. The molecule has 1 amide bonds. The number of rotatable bonds is 43. The number of likely N-dealkylation sites (N-methyl/N-ethyl adjacent to an activating group) is 1. The molecule has 56 heavy (non-hydrogen) atoms. The quantitative estimate of drug-likeness (QED) is 0.0275. The van der Waals surface area contributed by atoms with Gasteiger partial charge in [0, 0.05) is 6.42 Å². The molecule has 0 heterocycles. The number of allylic oxidation sites excluding steroid dienone is 3. The minimum atomic E-state index is -4.59. The fourth-order valence-corrected chi connectivity index (χ4v) is 7.58. The van der Waals surface area contributed by atoms with Crippen LogP contribution in [0.3, 0.4) is 0 Å². The lowest BCUT2D eigenvalue weighted by Gasteiger charge is -2.29. The van der Waals surface area contributed by atoms with Gasteiger partial charge in [0.15, 0.2) is 0 Å². The van der Waals surface area contributed by atoms with Gasteiger partial charge in [0.2, 0.25) is 5.91 Å². The summed E-state index contributed by atoms with van der Waals surface area (Å²) in [5, 5.41) is 13.8. The topological polar surface area (TPSA) is 108 Å². The van der Waals surface area contributed by atoms with Crippen LogP contribution in [0.25, 0.3) is 0 Å². The van der Waals surface area contributed by atoms with Crippen LogP contribution in [0.4, 0.5) is 0 Å². The van der Waals surface area contributed by atoms with Crippen LogP contribution in [0.5, 0.6) is 0 Å². The van der Waals surface area contributed by atoms with Crippen LogP contribution in [0.15, 0.2) is 24.3 Å². The Bertz CT molecular complexity index is 969. The van der Waals surface area contributed by atoms with Gasteiger partial charge in [-0.25, -0.2) is 0 Å². The van der Waals surface area contributed by atoms with Crippen LogP contribution in [-0.2, 0) is 18.4 Å². The first-order valence-electron chi connectivity index (χ1n) is 23.7. The number of amides is 1. The molecule has 0 spiro atoms. The van der Waals surface area contributed by atoms with Crippen molar-refractivity contribution in [1.29, 1.82) is 0 Å². The highest BCUT2D eigenvalue weighted by Gasteiger charge is 2.23. The molecule has 332 valence electrons. The molecule has 0 aromatic rings. The molecule has 3 atom stereocenters. The molecule has 0 aromatic carbocycles. The normalized spacial score (nSPS) is 14.5. The molecule has 0 aromatic heterocycles. The van der Waals surface area contributed by atoms with Gasteiger partial charge < -0.3 is 28.8 Å². The number of hydrogen-bond donors (Lipinski definition) is 2. The largest absolute Gasteiger partial charge is 0.756 e. The first-order valence-corrected chi connectivity index (χ1v) is 25.2. The third-order valence-corrected chi connectivity index (χ3v) is 11.6. The first kappa shape index (κ1) is 55.0. The Kier molecular flexibility index (Phi) is 38.7. The van der Waals surface area contributed by atoms with Crippen LogP contribution >= 0.6 is 7.82 Å². The van der Waals surface area contributed by atoms with Gasteiger partial charge in [-0.05, 0) is 44.9 Å². The van der Waals surface area contributed by atoms with Crippen molar-refractivity contribution >= 4 is 13.7 Å². The summed E-state index contributed by atoms with van der Waals surface area (Å²) in [6.45, 7) is 4.65. The zero-order chi connectivity index (χ0) is 41.4. The van der Waals surface area contributed by atoms with Crippen molar-refractivity contribution in [1.82, 2.24) is 5.32 Å². The number of carbonyl (C=O) groups excluding carboxylic acids is 1. The van der Waals surface area contributed by atoms with E-state index in [0.29, 0.717) is 17.4 Å². The van der Waals surface area contributed by atoms with Gasteiger partial charge in [-0.2, -0.15) is 0 Å². The average molecular weight is 813 g/mol. The summed E-state index contributed by atoms with van der Waals surface area (Å²) in [5.74, 6) is -0.201. The summed E-state index contributed by atoms with van der Waals surface area (Å²) in [5.41, 5.74) is 0. The summed E-state index contributed by atoms with van der Waals surface area (Å²) in [7, 11) is 1.26. The molecule has 0 radical (unpaired) electrons. The van der Waals surface area contributed by atoms with E-state index in [1.807, 2.05) is 27.2 Å². The molecule has 0 aliphatic heterocycles. The molecule has 0 saturated heterocycles. The Hall–Kier alpha value is -1.02. The van der Waals surface area contributed by atoms with Crippen LogP contribution < -0.4 is 10.2 Å². The summed E-state index contributed by atoms with van der Waals surface area (Å²) < 4.78 is 23.2. The van der Waals surface area contributed by atoms with Gasteiger partial charge in [-0.15, -0.1) is 0 Å². The van der Waals surface area contributed by atoms with Crippen molar-refractivity contribution < 1.29 is 32.9 Å². The molecule has 0 aliphatic rings. The van der Waals surface area contributed by atoms with Crippen molar-refractivity contribution in [3.05, 3.63) is 24.3 Å². The van der Waals surface area contributed by atoms with Crippen LogP contribution in [-0.4, -0.2) is 68.5 Å². The average Bonchev–Trinajstić information content (AvgIpc) is 3.15. The summed E-state index contributed by atoms with van der Waals surface area (Å²) in [6.07, 6.45) is 46.5. The molecule has 0 aliphatic carbocycles. The van der Waals surface area contributed by atoms with Gasteiger partial charge in [-0.3, -0.25) is 9.36 Å². The van der Waals surface area contributed by atoms with Crippen molar-refractivity contribution in [2.45, 2.75) is 231 Å². The molecule has 8 nitrogen and oxygen atoms in total. The highest BCUT2D eigenvalue weighted by atomic mass is 31.2. The molecule has 2 N–H and O–H groups in total. The van der Waals surface area contributed by atoms with E-state index < -0.39 is 20.0 Å². The molecule has 0 rings (SSSR count). The maximum absolute atomic E-state index is 12.9. The number of phosphoric acid groups is 1. The van der Waals surface area contributed by atoms with E-state index in [-0.39, 0.29) is 19.1 Å². The minimum Gasteiger partial charge on any atom is -0.756 e. The fraction of sp³-hybridized carbons (Fsp3) is 0.894. The Morgan fingerprint density at radius 2 is 0.982 bits per heavy atom. The lowest BCUT2D eigenvalue weighted by Crippen LogP contribution is -2.45. The standard InChI is InChI=1S/C47H93N2O6P/c1-6-8-10-12-14-16-18-20-22-24-25-27-29-31-33-35-37-39-41-47(51)48-45(44-55-56(52,53)54-43-42-49(3,4)5)46(50)40-38-36-34-32-30-28-26-23-21-19-17-15-13-11-9-7-2/h22,24,38,40,45-46,50H,6-21,23,25-37,39,41-44H2,1-5H3,(H-,48,51,52,53)/b24-22-,40-38+. The van der Waals surface area contributed by atoms with E-state index >= 15 is 0 Å². The van der Waals surface area contributed by atoms with Gasteiger partial charge in [0.1, 0.15) is 13.2 Å². The fourth-order valence-electron chi connectivity index (χ4n) is 6.85. The van der Waals surface area contributed by atoms with E-state index in [1.54, 1.807) is 6.08 Å². The van der Waals surface area contributed by atoms with Gasteiger partial charge in [0.05, 0.1) is 39.9 Å². The summed E-state index contributed by atoms with van der Waals surface area (Å²) in [4.78, 5) is 25.3. The number of aliphatic hydroxyl groups is 1. The summed E-state index contributed by atoms with van der Waals surface area (Å²) >= 11 is 0. The van der Waals surface area contributed by atoms with Gasteiger partial charge >= 0.3 is 0 Å². The van der Waals surface area contributed by atoms with Gasteiger partial charge in [-0.1, -0.05) is 192 Å². The Labute approximate surface area is 347 Å². The molecular weight excluding hydrogens is 719 g/mol. The molecular formula is C47H93N2O6P. The van der Waals surface area contributed by atoms with Crippen LogP contribution in [0.2, 0.25) is 0 Å². The van der Waals surface area contributed by atoms with Crippen molar-refractivity contribution in [3.8, 4) is 0 Å². The molecule has 0 fully saturated rings. The molecule has 3 unspecified atom stereocenters. The maximum atomic E-state index is 12.9. The highest BCUT2D eigenvalue weighted by molar-refractivity contribution is 7.45. The first-order chi connectivity index (χ1) is 27.0. The second-order valence-electron chi connectivity index (χ2n) is 17.5. The lowest BCUT2D eigenvalue weighted by molar-refractivity contribution is -0.870. The summed E-state index contributed by atoms with van der Waals surface area (Å²) in [6, 6.07) is -0.885. The highest BCUT2D eigenvalue weighted by Crippen LogP contribution is 2.38. The minimum absolute atomic E-state index is 0.000636. The van der Waals surface area contributed by atoms with Crippen LogP contribution in [0.1, 0.15) is 219 Å². The Balaban J connectivity index is 4.38. The molecule has 0 saturated carbocycles. The Morgan fingerprint density at radius 1 is 0.607 bits per heavy atom. The van der Waals surface area contributed by atoms with Gasteiger partial charge in [0.25, 0.3) is 7.82 Å². The number of carbonyl (C=O) groups is 1. The van der Waals surface area contributed by atoms with Crippen molar-refractivity contribution in [2.75, 3.05) is 40.9 Å². The number of hydrogen-bond acceptors (Lipinski definition) is 6. The predicted octanol–water partition coefficient (Wildman–Crippen LogP) is 12.7. The predicted molar refractivity (Wildman–Crippen MR) is 238 cm³/mol. The maximum Gasteiger partial charge on any atom is 0.268 e. The number of nitrogens with zero attached hydrogens (tertiary/aromatic N) is 1. The number of unbranched alkanes of at least 4 members (excludes halogenated alkanes) is 28. The SMILES string of the molecule is CCCCCCCCC/C=C\CCCCCCCCCC(=O)NC(COP(=O)([O-])OCC[N+](C)(C)C)C(O)/C=C/CCCCCCCCCCCCCCCC. The number of quaternary nitrogens is 1. The van der Waals surface area contributed by atoms with E-state index in [2.05, 4.69) is 31.3 Å². The van der Waals surface area contributed by atoms with E-state index in [4.69, 9.17) is 9.05 Å². The Morgan fingerprint density at radius 3 is 1.39 bits per heavy atom. The number of aliphatic hydroxyl groups excluding tert-OH is 1. The number of phosphoric ester groups is 1. The second kappa shape index (κ2) is 39.4. The van der Waals surface area contributed by atoms with Crippen molar-refractivity contribution in [3.63, 3.8) is 0 Å². The smallest absolute Gasteiger partial charge is 0.268 e.